The Kier molecular flexibility index (Phi) is 3.39. The summed E-state index contributed by atoms with van der Waals surface area (Å²) in [6.45, 7) is 3.21. The van der Waals surface area contributed by atoms with Gasteiger partial charge < -0.3 is 0 Å². The Morgan fingerprint density at radius 3 is 2.47 bits per heavy atom. The summed E-state index contributed by atoms with van der Waals surface area (Å²) in [4.78, 5) is 1.04. The normalized spacial score (nSPS) is 19.3. The number of aryl methyl sites for hydroxylation is 1. The van der Waals surface area contributed by atoms with Crippen molar-refractivity contribution in [2.24, 2.45) is 0 Å². The maximum absolute atomic E-state index is 12.1. The van der Waals surface area contributed by atoms with Gasteiger partial charge in [-0.3, -0.25) is 0 Å². The molecule has 3 nitrogen and oxygen atoms in total. The second kappa shape index (κ2) is 4.45. The zero-order valence-electron chi connectivity index (χ0n) is 8.47. The molecule has 0 spiro atoms. The summed E-state index contributed by atoms with van der Waals surface area (Å²) in [6.07, 6.45) is 0. The molecule has 1 fully saturated rings. The molecule has 0 saturated carbocycles. The maximum Gasteiger partial charge on any atom is 0.252 e. The van der Waals surface area contributed by atoms with Crippen LogP contribution in [0.1, 0.15) is 4.88 Å². The van der Waals surface area contributed by atoms with Gasteiger partial charge >= 0.3 is 0 Å². The summed E-state index contributed by atoms with van der Waals surface area (Å²) in [5.74, 6) is 1.81. The van der Waals surface area contributed by atoms with E-state index >= 15 is 0 Å². The summed E-state index contributed by atoms with van der Waals surface area (Å²) >= 11 is 3.16. The van der Waals surface area contributed by atoms with Gasteiger partial charge in [-0.25, -0.2) is 8.42 Å². The molecule has 0 radical (unpaired) electrons. The summed E-state index contributed by atoms with van der Waals surface area (Å²) in [6, 6.07) is 3.56. The Morgan fingerprint density at radius 2 is 1.93 bits per heavy atom. The minimum atomic E-state index is -3.20. The Morgan fingerprint density at radius 1 is 1.27 bits per heavy atom. The molecule has 1 saturated heterocycles. The van der Waals surface area contributed by atoms with Crippen LogP contribution < -0.4 is 0 Å². The van der Waals surface area contributed by atoms with Gasteiger partial charge in [0.15, 0.2) is 0 Å². The van der Waals surface area contributed by atoms with Crippen LogP contribution in [0, 0.1) is 6.92 Å². The molecular formula is C9H13NO2S3. The first kappa shape index (κ1) is 11.4. The highest BCUT2D eigenvalue weighted by atomic mass is 32.2. The zero-order valence-corrected chi connectivity index (χ0v) is 10.9. The Balaban J connectivity index is 2.26. The molecule has 1 aromatic heterocycles. The van der Waals surface area contributed by atoms with Gasteiger partial charge in [-0.15, -0.1) is 11.3 Å². The van der Waals surface area contributed by atoms with Crippen molar-refractivity contribution in [2.45, 2.75) is 11.1 Å². The number of thiophene rings is 1. The number of rotatable bonds is 2. The van der Waals surface area contributed by atoms with Crippen LogP contribution in [0.4, 0.5) is 0 Å². The number of hydrogen-bond donors (Lipinski definition) is 0. The summed E-state index contributed by atoms with van der Waals surface area (Å²) in [5.41, 5.74) is 0. The van der Waals surface area contributed by atoms with Gasteiger partial charge in [-0.1, -0.05) is 0 Å². The predicted octanol–water partition coefficient (Wildman–Crippen LogP) is 1.79. The molecule has 0 bridgehead atoms. The van der Waals surface area contributed by atoms with E-state index in [1.54, 1.807) is 10.4 Å². The summed E-state index contributed by atoms with van der Waals surface area (Å²) < 4.78 is 26.3. The Bertz CT molecular complexity index is 432. The lowest BCUT2D eigenvalue weighted by Crippen LogP contribution is -2.37. The summed E-state index contributed by atoms with van der Waals surface area (Å²) in [5, 5.41) is 0. The molecule has 84 valence electrons. The van der Waals surface area contributed by atoms with Gasteiger partial charge in [-0.2, -0.15) is 16.1 Å². The van der Waals surface area contributed by atoms with E-state index in [1.807, 2.05) is 24.8 Å². The lowest BCUT2D eigenvalue weighted by Gasteiger charge is -2.24. The second-order valence-corrected chi connectivity index (χ2v) is 8.06. The van der Waals surface area contributed by atoms with Crippen LogP contribution in [0.3, 0.4) is 0 Å². The Hall–Kier alpha value is -0.0400. The van der Waals surface area contributed by atoms with Crippen LogP contribution in [0.25, 0.3) is 0 Å². The Labute approximate surface area is 98.5 Å². The number of nitrogens with zero attached hydrogens (tertiary/aromatic N) is 1. The van der Waals surface area contributed by atoms with Gasteiger partial charge in [0.25, 0.3) is 10.0 Å². The van der Waals surface area contributed by atoms with Crippen molar-refractivity contribution in [1.29, 1.82) is 0 Å². The molecule has 1 aliphatic rings. The van der Waals surface area contributed by atoms with Crippen LogP contribution >= 0.6 is 23.1 Å². The lowest BCUT2D eigenvalue weighted by atomic mass is 10.5. The third-order valence-corrected chi connectivity index (χ3v) is 6.59. The molecule has 0 amide bonds. The molecule has 0 atom stereocenters. The van der Waals surface area contributed by atoms with E-state index < -0.39 is 10.0 Å². The van der Waals surface area contributed by atoms with Crippen LogP contribution in [0.5, 0.6) is 0 Å². The third kappa shape index (κ3) is 2.38. The average Bonchev–Trinajstić information content (AvgIpc) is 2.67. The van der Waals surface area contributed by atoms with Gasteiger partial charge in [0.05, 0.1) is 0 Å². The van der Waals surface area contributed by atoms with Crippen LogP contribution in [0.2, 0.25) is 0 Å². The number of thioether (sulfide) groups is 1. The van der Waals surface area contributed by atoms with Crippen molar-refractivity contribution in [3.63, 3.8) is 0 Å². The van der Waals surface area contributed by atoms with E-state index in [2.05, 4.69) is 0 Å². The first-order valence-electron chi connectivity index (χ1n) is 4.75. The third-order valence-electron chi connectivity index (χ3n) is 2.28. The van der Waals surface area contributed by atoms with E-state index in [9.17, 15) is 8.42 Å². The van der Waals surface area contributed by atoms with E-state index in [1.165, 1.54) is 11.3 Å². The fourth-order valence-corrected chi connectivity index (χ4v) is 5.48. The molecule has 1 aliphatic heterocycles. The van der Waals surface area contributed by atoms with Crippen molar-refractivity contribution in [1.82, 2.24) is 4.31 Å². The molecule has 2 heterocycles. The molecule has 1 aromatic rings. The minimum absolute atomic E-state index is 0.479. The smallest absolute Gasteiger partial charge is 0.206 e. The van der Waals surface area contributed by atoms with E-state index in [0.29, 0.717) is 17.3 Å². The van der Waals surface area contributed by atoms with Crippen LogP contribution in [0.15, 0.2) is 16.3 Å². The summed E-state index contributed by atoms with van der Waals surface area (Å²) in [7, 11) is -3.20. The van der Waals surface area contributed by atoms with E-state index in [-0.39, 0.29) is 0 Å². The highest BCUT2D eigenvalue weighted by Gasteiger charge is 2.26. The monoisotopic (exact) mass is 263 g/mol. The molecule has 6 heteroatoms. The molecule has 0 unspecified atom stereocenters. The van der Waals surface area contributed by atoms with Crippen molar-refractivity contribution >= 4 is 33.1 Å². The van der Waals surface area contributed by atoms with Crippen molar-refractivity contribution in [3.05, 3.63) is 17.0 Å². The highest BCUT2D eigenvalue weighted by molar-refractivity contribution is 7.99. The molecule has 15 heavy (non-hydrogen) atoms. The van der Waals surface area contributed by atoms with Gasteiger partial charge in [0, 0.05) is 29.5 Å². The number of hydrogen-bond acceptors (Lipinski definition) is 4. The topological polar surface area (TPSA) is 37.4 Å². The fourth-order valence-electron chi connectivity index (χ4n) is 1.46. The molecular weight excluding hydrogens is 250 g/mol. The highest BCUT2D eigenvalue weighted by Crippen LogP contribution is 2.25. The molecule has 0 N–H and O–H groups in total. The van der Waals surface area contributed by atoms with Crippen molar-refractivity contribution in [3.8, 4) is 0 Å². The first-order valence-corrected chi connectivity index (χ1v) is 8.16. The van der Waals surface area contributed by atoms with Crippen LogP contribution in [-0.4, -0.2) is 37.3 Å². The first-order chi connectivity index (χ1) is 7.10. The van der Waals surface area contributed by atoms with E-state index in [4.69, 9.17) is 0 Å². The fraction of sp³-hybridized carbons (Fsp3) is 0.556. The largest absolute Gasteiger partial charge is 0.252 e. The quantitative estimate of drug-likeness (QED) is 0.816. The van der Waals surface area contributed by atoms with Gasteiger partial charge in [0.1, 0.15) is 4.21 Å². The van der Waals surface area contributed by atoms with Crippen molar-refractivity contribution in [2.75, 3.05) is 24.6 Å². The predicted molar refractivity (Wildman–Crippen MR) is 65.1 cm³/mol. The van der Waals surface area contributed by atoms with E-state index in [0.717, 1.165) is 16.4 Å². The molecule has 2 rings (SSSR count). The molecule has 0 aromatic carbocycles. The maximum atomic E-state index is 12.1. The molecule has 0 aliphatic carbocycles. The SMILES string of the molecule is Cc1ccc(S(=O)(=O)N2CCSCC2)s1. The minimum Gasteiger partial charge on any atom is -0.206 e. The van der Waals surface area contributed by atoms with Gasteiger partial charge in [0.2, 0.25) is 0 Å². The second-order valence-electron chi connectivity index (χ2n) is 3.38. The van der Waals surface area contributed by atoms with Gasteiger partial charge in [-0.05, 0) is 19.1 Å². The lowest BCUT2D eigenvalue weighted by molar-refractivity contribution is 0.445. The zero-order chi connectivity index (χ0) is 10.9. The van der Waals surface area contributed by atoms with Crippen LogP contribution in [-0.2, 0) is 10.0 Å². The number of sulfonamides is 1. The van der Waals surface area contributed by atoms with Crippen molar-refractivity contribution < 1.29 is 8.42 Å². The average molecular weight is 263 g/mol. The standard InChI is InChI=1S/C9H13NO2S3/c1-8-2-3-9(14-8)15(11,12)10-4-6-13-7-5-10/h2-3H,4-7H2,1H3.